The molecule has 0 amide bonds. The molecule has 0 saturated heterocycles. The molecule has 12 heteroatoms. The highest BCUT2D eigenvalue weighted by Gasteiger charge is 2.37. The third-order valence-electron chi connectivity index (χ3n) is 14.8. The van der Waals surface area contributed by atoms with E-state index in [0.717, 1.165) is 77.0 Å². The molecule has 0 saturated carbocycles. The fourth-order valence-electron chi connectivity index (χ4n) is 9.47. The van der Waals surface area contributed by atoms with Gasteiger partial charge in [0.05, 0.1) is 0 Å². The Balaban J connectivity index is 5.80. The molecule has 0 spiro atoms. The number of unbranched alkanes of at least 4 members (excludes halogenated alkanes) is 32. The Morgan fingerprint density at radius 2 is 0.390 bits per heavy atom. The molecule has 0 fully saturated rings. The Morgan fingerprint density at radius 1 is 0.234 bits per heavy atom. The van der Waals surface area contributed by atoms with Crippen LogP contribution in [0.3, 0.4) is 0 Å². The number of hydrogen-bond acceptors (Lipinski definition) is 12. The van der Waals surface area contributed by atoms with Gasteiger partial charge in [0.2, 0.25) is 0 Å². The molecule has 0 aliphatic carbocycles. The summed E-state index contributed by atoms with van der Waals surface area (Å²) in [4.78, 5) is 51.8. The number of thiocarbonyl (C=S) groups is 4. The van der Waals surface area contributed by atoms with Crippen molar-refractivity contribution in [2.45, 2.75) is 336 Å². The van der Waals surface area contributed by atoms with E-state index >= 15 is 0 Å². The van der Waals surface area contributed by atoms with E-state index in [2.05, 4.69) is 27.7 Å². The predicted molar refractivity (Wildman–Crippen MR) is 341 cm³/mol. The average Bonchev–Trinajstić information content (AvgIpc) is 3.42. The van der Waals surface area contributed by atoms with Crippen molar-refractivity contribution in [3.8, 4) is 0 Å². The molecule has 0 atom stereocenters. The van der Waals surface area contributed by atoms with E-state index in [4.69, 9.17) is 67.8 Å². The van der Waals surface area contributed by atoms with Gasteiger partial charge in [0.1, 0.15) is 55.0 Å². The summed E-state index contributed by atoms with van der Waals surface area (Å²) in [5.41, 5.74) is -1.04. The first-order valence-electron chi connectivity index (χ1n) is 32.1. The van der Waals surface area contributed by atoms with Crippen LogP contribution >= 0.6 is 48.9 Å². The molecule has 8 nitrogen and oxygen atoms in total. The molecule has 0 aromatic rings. The molecule has 0 bridgehead atoms. The van der Waals surface area contributed by atoms with Gasteiger partial charge in [0.25, 0.3) is 0 Å². The molecule has 0 aliphatic heterocycles. The van der Waals surface area contributed by atoms with Gasteiger partial charge in [0, 0.05) is 77.0 Å². The number of carbonyl (C=O) groups is 4. The summed E-state index contributed by atoms with van der Waals surface area (Å²) in [6.45, 7) is 8.94. The zero-order valence-corrected chi connectivity index (χ0v) is 53.4. The first-order valence-corrected chi connectivity index (χ1v) is 33.7. The molecule has 0 aromatic carbocycles. The number of Topliss-reactive ketones (excluding diaryl/α,β-unsaturated/α-hetero) is 4. The van der Waals surface area contributed by atoms with E-state index in [0.29, 0.717) is 97.3 Å². The van der Waals surface area contributed by atoms with Crippen LogP contribution in [0.2, 0.25) is 0 Å². The van der Waals surface area contributed by atoms with Crippen molar-refractivity contribution in [3.05, 3.63) is 0 Å². The highest BCUT2D eigenvalue weighted by molar-refractivity contribution is 7.80. The zero-order chi connectivity index (χ0) is 56.7. The van der Waals surface area contributed by atoms with Gasteiger partial charge in [-0.05, 0) is 74.6 Å². The molecule has 0 radical (unpaired) electrons. The highest BCUT2D eigenvalue weighted by Crippen LogP contribution is 2.25. The van der Waals surface area contributed by atoms with Gasteiger partial charge in [-0.2, -0.15) is 0 Å². The lowest BCUT2D eigenvalue weighted by Crippen LogP contribution is -2.43. The summed E-state index contributed by atoms with van der Waals surface area (Å²) in [6, 6.07) is 0. The fourth-order valence-corrected chi connectivity index (χ4v) is 10.1. The van der Waals surface area contributed by atoms with E-state index in [1.165, 1.54) is 154 Å². The Hall–Kier alpha value is -1.76. The van der Waals surface area contributed by atoms with Crippen molar-refractivity contribution < 1.29 is 38.1 Å². The van der Waals surface area contributed by atoms with Gasteiger partial charge in [-0.15, -0.1) is 0 Å². The quantitative estimate of drug-likeness (QED) is 0.0428. The van der Waals surface area contributed by atoms with Crippen LogP contribution in [0, 0.1) is 5.41 Å². The Kier molecular flexibility index (Phi) is 54.8. The van der Waals surface area contributed by atoms with Gasteiger partial charge >= 0.3 is 0 Å². The standard InChI is InChI=1S/C65H116O8S4/c1-5-9-13-17-21-25-29-33-37-41-57(66)45-49-61(74)70-53-65(54-71-62(75)50-46-58(67)42-38-34-30-26-22-18-14-10-6-2,55-72-63(76)51-47-59(68)43-39-35-31-27-23-19-15-11-7-3)56-73-64(77)52-48-60(69)44-40-36-32-28-24-20-16-12-8-4/h5-56H2,1-4H3. The minimum Gasteiger partial charge on any atom is -0.486 e. The van der Waals surface area contributed by atoms with Crippen molar-refractivity contribution >= 4 is 92.2 Å². The van der Waals surface area contributed by atoms with Gasteiger partial charge in [-0.3, -0.25) is 19.2 Å². The number of hydrogen-bond donors (Lipinski definition) is 0. The SMILES string of the molecule is CCCCCCCCCCCC(=O)CCC(=S)OCC(COC(=S)CCC(=O)CCCCCCCCCCC)(COC(=S)CCC(=O)CCCCCCCCCCC)COC(=S)CCC(=O)CCCCCCCCCCC. The van der Waals surface area contributed by atoms with E-state index in [-0.39, 0.29) is 49.6 Å². The molecule has 77 heavy (non-hydrogen) atoms. The second-order valence-electron chi connectivity index (χ2n) is 22.6. The minimum atomic E-state index is -1.04. The van der Waals surface area contributed by atoms with E-state index in [1.807, 2.05) is 0 Å². The summed E-state index contributed by atoms with van der Waals surface area (Å²) in [6.07, 6.45) is 47.6. The van der Waals surface area contributed by atoms with Gasteiger partial charge in [0.15, 0.2) is 20.2 Å². The largest absolute Gasteiger partial charge is 0.486 e. The first kappa shape index (κ1) is 75.2. The van der Waals surface area contributed by atoms with Crippen LogP contribution in [-0.4, -0.2) is 69.8 Å². The smallest absolute Gasteiger partial charge is 0.160 e. The van der Waals surface area contributed by atoms with Crippen LogP contribution in [0.25, 0.3) is 0 Å². The lowest BCUT2D eigenvalue weighted by Gasteiger charge is -2.33. The van der Waals surface area contributed by atoms with Crippen molar-refractivity contribution in [2.75, 3.05) is 26.4 Å². The maximum absolute atomic E-state index is 12.9. The van der Waals surface area contributed by atoms with Gasteiger partial charge < -0.3 is 18.9 Å². The topological polar surface area (TPSA) is 105 Å². The van der Waals surface area contributed by atoms with E-state index in [1.54, 1.807) is 0 Å². The van der Waals surface area contributed by atoms with Crippen LogP contribution in [0.4, 0.5) is 0 Å². The molecule has 0 unspecified atom stereocenters. The van der Waals surface area contributed by atoms with Crippen LogP contribution in [0.5, 0.6) is 0 Å². The summed E-state index contributed by atoms with van der Waals surface area (Å²) in [5, 5.41) is 1.20. The molecular weight excluding hydrogens is 1040 g/mol. The molecular formula is C65H116O8S4. The zero-order valence-electron chi connectivity index (χ0n) is 50.2. The lowest BCUT2D eigenvalue weighted by molar-refractivity contribution is -0.119. The van der Waals surface area contributed by atoms with Crippen LogP contribution < -0.4 is 0 Å². The van der Waals surface area contributed by atoms with Crippen LogP contribution in [-0.2, 0) is 38.1 Å². The normalized spacial score (nSPS) is 11.4. The maximum Gasteiger partial charge on any atom is 0.160 e. The van der Waals surface area contributed by atoms with E-state index in [9.17, 15) is 19.2 Å². The third-order valence-corrected chi connectivity index (χ3v) is 16.1. The minimum absolute atomic E-state index is 0.00127. The average molecular weight is 1150 g/mol. The third kappa shape index (κ3) is 52.1. The molecule has 0 aliphatic rings. The van der Waals surface area contributed by atoms with E-state index < -0.39 is 5.41 Å². The van der Waals surface area contributed by atoms with Gasteiger partial charge in [-0.1, -0.05) is 233 Å². The monoisotopic (exact) mass is 1150 g/mol. The second kappa shape index (κ2) is 56.1. The summed E-state index contributed by atoms with van der Waals surface area (Å²) in [5.74, 6) is 0.697. The molecule has 448 valence electrons. The first-order chi connectivity index (χ1) is 37.4. The number of carbonyl (C=O) groups excluding carboxylic acids is 4. The van der Waals surface area contributed by atoms with Gasteiger partial charge in [-0.25, -0.2) is 0 Å². The summed E-state index contributed by atoms with van der Waals surface area (Å²) >= 11 is 22.9. The van der Waals surface area contributed by atoms with Crippen LogP contribution in [0.1, 0.15) is 336 Å². The number of rotatable bonds is 60. The predicted octanol–water partition coefficient (Wildman–Crippen LogP) is 20.4. The fraction of sp³-hybridized carbons (Fsp3) is 0.877. The molecule has 0 rings (SSSR count). The lowest BCUT2D eigenvalue weighted by atomic mass is 9.92. The van der Waals surface area contributed by atoms with Crippen molar-refractivity contribution in [3.63, 3.8) is 0 Å². The second-order valence-corrected chi connectivity index (χ2v) is 24.4. The number of ether oxygens (including phenoxy) is 4. The van der Waals surface area contributed by atoms with Crippen molar-refractivity contribution in [1.82, 2.24) is 0 Å². The molecule has 0 heterocycles. The maximum atomic E-state index is 12.9. The van der Waals surface area contributed by atoms with Crippen molar-refractivity contribution in [1.29, 1.82) is 0 Å². The highest BCUT2D eigenvalue weighted by atomic mass is 32.1. The Bertz CT molecular complexity index is 1300. The Morgan fingerprint density at radius 3 is 0.558 bits per heavy atom. The number of ketones is 4. The molecule has 0 N–H and O–H groups in total. The van der Waals surface area contributed by atoms with Crippen LogP contribution in [0.15, 0.2) is 0 Å². The van der Waals surface area contributed by atoms with Crippen molar-refractivity contribution in [2.24, 2.45) is 5.41 Å². The molecule has 0 aromatic heterocycles. The Labute approximate surface area is 495 Å². The summed E-state index contributed by atoms with van der Waals surface area (Å²) < 4.78 is 25.1. The summed E-state index contributed by atoms with van der Waals surface area (Å²) in [7, 11) is 0.